The van der Waals surface area contributed by atoms with Crippen LogP contribution in [-0.2, 0) is 23.0 Å². The third-order valence-electron chi connectivity index (χ3n) is 5.73. The van der Waals surface area contributed by atoms with Crippen LogP contribution in [-0.4, -0.2) is 63.1 Å². The first-order valence-corrected chi connectivity index (χ1v) is 11.8. The van der Waals surface area contributed by atoms with Gasteiger partial charge in [-0.2, -0.15) is 0 Å². The van der Waals surface area contributed by atoms with Gasteiger partial charge in [0, 0.05) is 44.8 Å². The number of piperazine rings is 1. The number of anilines is 1. The van der Waals surface area contributed by atoms with Crippen LogP contribution in [0.3, 0.4) is 0 Å². The van der Waals surface area contributed by atoms with E-state index in [1.807, 2.05) is 11.0 Å². The van der Waals surface area contributed by atoms with Gasteiger partial charge in [-0.1, -0.05) is 29.8 Å². The van der Waals surface area contributed by atoms with E-state index in [2.05, 4.69) is 36.1 Å². The van der Waals surface area contributed by atoms with E-state index in [9.17, 15) is 13.2 Å². The smallest absolute Gasteiger partial charge is 0.253 e. The molecule has 4 rings (SSSR count). The molecule has 0 atom stereocenters. The first kappa shape index (κ1) is 19.9. The normalized spacial score (nSPS) is 17.4. The molecule has 2 aromatic rings. The van der Waals surface area contributed by atoms with Crippen LogP contribution in [0.25, 0.3) is 0 Å². The molecule has 0 radical (unpaired) electrons. The molecule has 1 saturated heterocycles. The van der Waals surface area contributed by atoms with Gasteiger partial charge in [0.2, 0.25) is 10.0 Å². The number of rotatable bonds is 4. The second-order valence-corrected chi connectivity index (χ2v) is 9.89. The van der Waals surface area contributed by atoms with Crippen molar-refractivity contribution >= 4 is 21.6 Å². The molecule has 1 amide bonds. The van der Waals surface area contributed by atoms with Gasteiger partial charge < -0.3 is 4.90 Å². The highest BCUT2D eigenvalue weighted by atomic mass is 32.2. The van der Waals surface area contributed by atoms with Crippen molar-refractivity contribution in [2.75, 3.05) is 43.3 Å². The highest BCUT2D eigenvalue weighted by Gasteiger charge is 2.28. The van der Waals surface area contributed by atoms with Crippen molar-refractivity contribution in [2.24, 2.45) is 0 Å². The van der Waals surface area contributed by atoms with E-state index in [4.69, 9.17) is 0 Å². The minimum Gasteiger partial charge on any atom is -0.336 e. The summed E-state index contributed by atoms with van der Waals surface area (Å²) in [7, 11) is -3.27. The van der Waals surface area contributed by atoms with E-state index < -0.39 is 10.0 Å². The number of aryl methyl sites for hydroxylation is 1. The number of nitrogens with zero attached hydrogens (tertiary/aromatic N) is 3. The summed E-state index contributed by atoms with van der Waals surface area (Å²) in [5.41, 5.74) is 4.85. The summed E-state index contributed by atoms with van der Waals surface area (Å²) in [4.78, 5) is 17.2. The molecule has 29 heavy (non-hydrogen) atoms. The van der Waals surface area contributed by atoms with Crippen LogP contribution >= 0.6 is 0 Å². The zero-order valence-electron chi connectivity index (χ0n) is 17.0. The number of amides is 1. The van der Waals surface area contributed by atoms with Crippen LogP contribution in [0.15, 0.2) is 42.5 Å². The number of hydrogen-bond donors (Lipinski definition) is 0. The van der Waals surface area contributed by atoms with Gasteiger partial charge in [0.05, 0.1) is 11.9 Å². The first-order chi connectivity index (χ1) is 13.8. The maximum absolute atomic E-state index is 13.0. The fourth-order valence-corrected chi connectivity index (χ4v) is 5.17. The Labute approximate surface area is 172 Å². The predicted molar refractivity (Wildman–Crippen MR) is 115 cm³/mol. The van der Waals surface area contributed by atoms with E-state index in [0.717, 1.165) is 25.2 Å². The molecule has 2 aliphatic rings. The van der Waals surface area contributed by atoms with Gasteiger partial charge in [0.25, 0.3) is 5.91 Å². The first-order valence-electron chi connectivity index (χ1n) is 9.99. The number of sulfonamides is 1. The van der Waals surface area contributed by atoms with Gasteiger partial charge in [-0.05, 0) is 42.7 Å². The number of fused-ring (bicyclic) bond motifs is 1. The van der Waals surface area contributed by atoms with Crippen molar-refractivity contribution in [1.29, 1.82) is 0 Å². The summed E-state index contributed by atoms with van der Waals surface area (Å²) in [5.74, 6) is 0.0285. The van der Waals surface area contributed by atoms with Crippen LogP contribution in [0.1, 0.15) is 27.0 Å². The summed E-state index contributed by atoms with van der Waals surface area (Å²) in [5, 5.41) is 0. The summed E-state index contributed by atoms with van der Waals surface area (Å²) in [6.45, 7) is 6.58. The molecule has 6 nitrogen and oxygen atoms in total. The molecule has 0 spiro atoms. The third kappa shape index (κ3) is 4.31. The largest absolute Gasteiger partial charge is 0.336 e. The predicted octanol–water partition coefficient (Wildman–Crippen LogP) is 2.28. The van der Waals surface area contributed by atoms with Crippen molar-refractivity contribution in [1.82, 2.24) is 9.80 Å². The molecule has 2 aromatic carbocycles. The molecule has 2 heterocycles. The highest BCUT2D eigenvalue weighted by molar-refractivity contribution is 7.92. The minimum atomic E-state index is -3.27. The molecule has 0 unspecified atom stereocenters. The zero-order chi connectivity index (χ0) is 20.6. The molecule has 7 heteroatoms. The Morgan fingerprint density at radius 2 is 1.76 bits per heavy atom. The van der Waals surface area contributed by atoms with Crippen LogP contribution in [0.4, 0.5) is 5.69 Å². The standard InChI is InChI=1S/C22H27N3O3S/c1-17-4-3-5-18(14-17)16-23-10-12-24(13-11-23)22(26)20-6-7-21-19(15-20)8-9-25(21)29(2,27)28/h3-7,14-15H,8-13,16H2,1-2H3. The quantitative estimate of drug-likeness (QED) is 0.772. The van der Waals surface area contributed by atoms with Crippen LogP contribution in [0, 0.1) is 6.92 Å². The van der Waals surface area contributed by atoms with Crippen molar-refractivity contribution in [2.45, 2.75) is 19.9 Å². The maximum atomic E-state index is 13.0. The number of carbonyl (C=O) groups is 1. The number of carbonyl (C=O) groups excluding carboxylic acids is 1. The Balaban J connectivity index is 1.39. The Kier molecular flexibility index (Phi) is 5.36. The lowest BCUT2D eigenvalue weighted by Crippen LogP contribution is -2.48. The van der Waals surface area contributed by atoms with Gasteiger partial charge in [-0.15, -0.1) is 0 Å². The van der Waals surface area contributed by atoms with Crippen molar-refractivity contribution < 1.29 is 13.2 Å². The average Bonchev–Trinajstić information content (AvgIpc) is 3.12. The van der Waals surface area contributed by atoms with Gasteiger partial charge in [0.15, 0.2) is 0 Å². The highest BCUT2D eigenvalue weighted by Crippen LogP contribution is 2.31. The van der Waals surface area contributed by atoms with Gasteiger partial charge in [0.1, 0.15) is 0 Å². The van der Waals surface area contributed by atoms with Crippen molar-refractivity contribution in [3.05, 3.63) is 64.7 Å². The SMILES string of the molecule is Cc1cccc(CN2CCN(C(=O)c3ccc4c(c3)CCN4S(C)(=O)=O)CC2)c1. The summed E-state index contributed by atoms with van der Waals surface area (Å²) < 4.78 is 25.2. The Hall–Kier alpha value is -2.38. The van der Waals surface area contributed by atoms with E-state index >= 15 is 0 Å². The molecule has 0 aliphatic carbocycles. The molecule has 0 saturated carbocycles. The summed E-state index contributed by atoms with van der Waals surface area (Å²) in [6.07, 6.45) is 1.87. The minimum absolute atomic E-state index is 0.0285. The molecular formula is C22H27N3O3S. The van der Waals surface area contributed by atoms with Crippen LogP contribution < -0.4 is 4.31 Å². The summed E-state index contributed by atoms with van der Waals surface area (Å²) in [6, 6.07) is 13.9. The second-order valence-electron chi connectivity index (χ2n) is 7.99. The Morgan fingerprint density at radius 1 is 1.00 bits per heavy atom. The lowest BCUT2D eigenvalue weighted by Gasteiger charge is -2.35. The lowest BCUT2D eigenvalue weighted by molar-refractivity contribution is 0.0628. The molecule has 154 valence electrons. The van der Waals surface area contributed by atoms with Crippen molar-refractivity contribution in [3.8, 4) is 0 Å². The van der Waals surface area contributed by atoms with E-state index in [-0.39, 0.29) is 5.91 Å². The van der Waals surface area contributed by atoms with Crippen molar-refractivity contribution in [3.63, 3.8) is 0 Å². The Bertz CT molecular complexity index is 1030. The van der Waals surface area contributed by atoms with Gasteiger partial charge in [-0.25, -0.2) is 8.42 Å². The fraction of sp³-hybridized carbons (Fsp3) is 0.409. The Morgan fingerprint density at radius 3 is 2.45 bits per heavy atom. The van der Waals surface area contributed by atoms with Gasteiger partial charge in [-0.3, -0.25) is 14.0 Å². The maximum Gasteiger partial charge on any atom is 0.253 e. The second kappa shape index (κ2) is 7.80. The third-order valence-corrected chi connectivity index (χ3v) is 6.91. The summed E-state index contributed by atoms with van der Waals surface area (Å²) >= 11 is 0. The molecule has 0 N–H and O–H groups in total. The molecule has 0 bridgehead atoms. The molecular weight excluding hydrogens is 386 g/mol. The number of benzene rings is 2. The van der Waals surface area contributed by atoms with E-state index in [1.165, 1.54) is 21.7 Å². The topological polar surface area (TPSA) is 60.9 Å². The molecule has 0 aromatic heterocycles. The monoisotopic (exact) mass is 413 g/mol. The molecule has 2 aliphatic heterocycles. The van der Waals surface area contributed by atoms with Crippen LogP contribution in [0.2, 0.25) is 0 Å². The fourth-order valence-electron chi connectivity index (χ4n) is 4.21. The average molecular weight is 414 g/mol. The van der Waals surface area contributed by atoms with E-state index in [0.29, 0.717) is 37.3 Å². The zero-order valence-corrected chi connectivity index (χ0v) is 17.8. The van der Waals surface area contributed by atoms with Crippen LogP contribution in [0.5, 0.6) is 0 Å². The number of hydrogen-bond acceptors (Lipinski definition) is 4. The van der Waals surface area contributed by atoms with E-state index in [1.54, 1.807) is 12.1 Å². The molecule has 1 fully saturated rings. The van der Waals surface area contributed by atoms with Gasteiger partial charge >= 0.3 is 0 Å². The lowest BCUT2D eigenvalue weighted by atomic mass is 10.1.